The molecule has 1 aromatic rings. The van der Waals surface area contributed by atoms with Gasteiger partial charge in [0.25, 0.3) is 0 Å². The molecule has 1 saturated carbocycles. The van der Waals surface area contributed by atoms with Crippen LogP contribution in [-0.4, -0.2) is 24.3 Å². The Morgan fingerprint density at radius 3 is 2.73 bits per heavy atom. The van der Waals surface area contributed by atoms with E-state index in [1.807, 2.05) is 14.0 Å². The summed E-state index contributed by atoms with van der Waals surface area (Å²) in [6.45, 7) is 1.98. The van der Waals surface area contributed by atoms with Crippen LogP contribution in [0.2, 0.25) is 0 Å². The first-order valence-electron chi connectivity index (χ1n) is 5.28. The zero-order valence-corrected chi connectivity index (χ0v) is 9.41. The molecule has 5 heteroatoms. The van der Waals surface area contributed by atoms with Crippen molar-refractivity contribution in [3.05, 3.63) is 11.7 Å². The van der Waals surface area contributed by atoms with Crippen LogP contribution in [0.1, 0.15) is 43.9 Å². The Bertz CT molecular complexity index is 328. The third kappa shape index (κ3) is 1.66. The molecule has 1 aliphatic carbocycles. The van der Waals surface area contributed by atoms with Crippen LogP contribution >= 0.6 is 0 Å². The lowest BCUT2D eigenvalue weighted by Crippen LogP contribution is -2.37. The third-order valence-corrected chi connectivity index (χ3v) is 3.20. The fourth-order valence-electron chi connectivity index (χ4n) is 1.74. The number of nitrogens with zero attached hydrogens (tertiary/aromatic N) is 2. The molecule has 0 aromatic carbocycles. The van der Waals surface area contributed by atoms with E-state index in [1.165, 1.54) is 6.42 Å². The highest BCUT2D eigenvalue weighted by Gasteiger charge is 2.43. The number of rotatable bonds is 4. The molecule has 1 fully saturated rings. The van der Waals surface area contributed by atoms with Crippen molar-refractivity contribution >= 4 is 0 Å². The van der Waals surface area contributed by atoms with E-state index in [0.717, 1.165) is 12.8 Å². The van der Waals surface area contributed by atoms with E-state index in [1.54, 1.807) is 7.11 Å². The minimum Gasteiger partial charge on any atom is -0.370 e. The molecule has 2 rings (SSSR count). The second-order valence-corrected chi connectivity index (χ2v) is 4.02. The Kier molecular flexibility index (Phi) is 2.75. The van der Waals surface area contributed by atoms with E-state index in [4.69, 9.17) is 9.26 Å². The molecule has 0 amide bonds. The van der Waals surface area contributed by atoms with Gasteiger partial charge in [-0.25, -0.2) is 0 Å². The summed E-state index contributed by atoms with van der Waals surface area (Å²) < 4.78 is 10.7. The number of hydrogen-bond donors (Lipinski definition) is 1. The first-order valence-corrected chi connectivity index (χ1v) is 5.28. The Labute approximate surface area is 89.2 Å². The maximum absolute atomic E-state index is 5.48. The van der Waals surface area contributed by atoms with Crippen LogP contribution in [0.5, 0.6) is 0 Å². The summed E-state index contributed by atoms with van der Waals surface area (Å²) >= 11 is 0. The van der Waals surface area contributed by atoms with Crippen molar-refractivity contribution in [2.45, 2.75) is 37.8 Å². The number of nitrogens with one attached hydrogen (secondary N) is 1. The summed E-state index contributed by atoms with van der Waals surface area (Å²) in [5, 5.41) is 7.06. The third-order valence-electron chi connectivity index (χ3n) is 3.20. The van der Waals surface area contributed by atoms with Gasteiger partial charge in [-0.1, -0.05) is 5.16 Å². The predicted molar refractivity (Wildman–Crippen MR) is 54.3 cm³/mol. The van der Waals surface area contributed by atoms with Gasteiger partial charge >= 0.3 is 0 Å². The molecule has 1 N–H and O–H groups in total. The lowest BCUT2D eigenvalue weighted by atomic mass is 9.79. The molecular weight excluding hydrogens is 194 g/mol. The number of aromatic nitrogens is 2. The average molecular weight is 211 g/mol. The Morgan fingerprint density at radius 2 is 2.27 bits per heavy atom. The summed E-state index contributed by atoms with van der Waals surface area (Å²) in [4.78, 5) is 4.38. The monoisotopic (exact) mass is 211 g/mol. The van der Waals surface area contributed by atoms with Crippen LogP contribution in [0.3, 0.4) is 0 Å². The predicted octanol–water partition coefficient (Wildman–Crippen LogP) is 1.38. The van der Waals surface area contributed by atoms with Gasteiger partial charge in [-0.05, 0) is 33.2 Å². The van der Waals surface area contributed by atoms with Gasteiger partial charge in [0, 0.05) is 7.11 Å². The van der Waals surface area contributed by atoms with E-state index >= 15 is 0 Å². The highest BCUT2D eigenvalue weighted by atomic mass is 16.5. The van der Waals surface area contributed by atoms with Gasteiger partial charge < -0.3 is 14.6 Å². The van der Waals surface area contributed by atoms with Gasteiger partial charge in [0.15, 0.2) is 0 Å². The van der Waals surface area contributed by atoms with Crippen LogP contribution in [-0.2, 0) is 10.3 Å². The molecule has 0 radical (unpaired) electrons. The maximum Gasteiger partial charge on any atom is 0.243 e. The highest BCUT2D eigenvalue weighted by molar-refractivity contribution is 5.07. The minimum atomic E-state index is -0.283. The number of methoxy groups -OCH3 is 1. The second kappa shape index (κ2) is 3.90. The van der Waals surface area contributed by atoms with E-state index in [9.17, 15) is 0 Å². The molecule has 1 aromatic heterocycles. The van der Waals surface area contributed by atoms with Crippen LogP contribution in [0.4, 0.5) is 0 Å². The fourth-order valence-corrected chi connectivity index (χ4v) is 1.74. The smallest absolute Gasteiger partial charge is 0.243 e. The van der Waals surface area contributed by atoms with E-state index in [0.29, 0.717) is 11.7 Å². The van der Waals surface area contributed by atoms with Crippen molar-refractivity contribution in [2.24, 2.45) is 0 Å². The minimum absolute atomic E-state index is 0.0835. The number of hydrogen-bond acceptors (Lipinski definition) is 5. The number of ether oxygens (including phenoxy) is 1. The van der Waals surface area contributed by atoms with Gasteiger partial charge in [-0.3, -0.25) is 0 Å². The van der Waals surface area contributed by atoms with Gasteiger partial charge in [-0.15, -0.1) is 0 Å². The van der Waals surface area contributed by atoms with Crippen molar-refractivity contribution in [2.75, 3.05) is 14.2 Å². The van der Waals surface area contributed by atoms with Crippen LogP contribution in [0.25, 0.3) is 0 Å². The van der Waals surface area contributed by atoms with Crippen molar-refractivity contribution in [3.63, 3.8) is 0 Å². The zero-order valence-electron chi connectivity index (χ0n) is 9.41. The van der Waals surface area contributed by atoms with Crippen molar-refractivity contribution in [1.29, 1.82) is 0 Å². The van der Waals surface area contributed by atoms with Crippen LogP contribution in [0.15, 0.2) is 4.52 Å². The fraction of sp³-hybridized carbons (Fsp3) is 0.800. The standard InChI is InChI=1S/C10H17N3O2/c1-7(11-2)8-12-9(13-15-8)10(14-3)5-4-6-10/h7,11H,4-6H2,1-3H3. The first-order chi connectivity index (χ1) is 7.22. The first kappa shape index (κ1) is 10.6. The quantitative estimate of drug-likeness (QED) is 0.815. The van der Waals surface area contributed by atoms with Crippen LogP contribution < -0.4 is 5.32 Å². The molecule has 0 aliphatic heterocycles. The molecule has 0 spiro atoms. The van der Waals surface area contributed by atoms with Gasteiger partial charge in [0.2, 0.25) is 11.7 Å². The summed E-state index contributed by atoms with van der Waals surface area (Å²) in [5.41, 5.74) is -0.283. The lowest BCUT2D eigenvalue weighted by molar-refractivity contribution is -0.0858. The largest absolute Gasteiger partial charge is 0.370 e. The Balaban J connectivity index is 2.19. The maximum atomic E-state index is 5.48. The molecule has 84 valence electrons. The Hall–Kier alpha value is -0.940. The molecule has 5 nitrogen and oxygen atoms in total. The summed E-state index contributed by atoms with van der Waals surface area (Å²) in [5.74, 6) is 1.31. The van der Waals surface area contributed by atoms with Gasteiger partial charge in [-0.2, -0.15) is 4.98 Å². The molecule has 1 aliphatic rings. The van der Waals surface area contributed by atoms with Gasteiger partial charge in [0.1, 0.15) is 5.60 Å². The summed E-state index contributed by atoms with van der Waals surface area (Å²) in [7, 11) is 3.57. The SMILES string of the molecule is CNC(C)c1nc(C2(OC)CCC2)no1. The molecule has 15 heavy (non-hydrogen) atoms. The molecule has 0 bridgehead atoms. The Morgan fingerprint density at radius 1 is 1.53 bits per heavy atom. The van der Waals surface area contributed by atoms with Gasteiger partial charge in [0.05, 0.1) is 6.04 Å². The molecular formula is C10H17N3O2. The lowest BCUT2D eigenvalue weighted by Gasteiger charge is -2.37. The van der Waals surface area contributed by atoms with E-state index in [2.05, 4.69) is 15.5 Å². The molecule has 1 atom stereocenters. The van der Waals surface area contributed by atoms with E-state index in [-0.39, 0.29) is 11.6 Å². The zero-order chi connectivity index (χ0) is 10.9. The molecule has 1 heterocycles. The average Bonchev–Trinajstić information content (AvgIpc) is 2.65. The normalized spacial score (nSPS) is 21.0. The van der Waals surface area contributed by atoms with Crippen molar-refractivity contribution < 1.29 is 9.26 Å². The summed E-state index contributed by atoms with van der Waals surface area (Å²) in [6.07, 6.45) is 3.13. The topological polar surface area (TPSA) is 60.2 Å². The molecule has 0 saturated heterocycles. The van der Waals surface area contributed by atoms with Crippen LogP contribution in [0, 0.1) is 0 Å². The van der Waals surface area contributed by atoms with Crippen molar-refractivity contribution in [1.82, 2.24) is 15.5 Å². The highest BCUT2D eigenvalue weighted by Crippen LogP contribution is 2.42. The van der Waals surface area contributed by atoms with Crippen molar-refractivity contribution in [3.8, 4) is 0 Å². The second-order valence-electron chi connectivity index (χ2n) is 4.02. The molecule has 1 unspecified atom stereocenters. The van der Waals surface area contributed by atoms with E-state index < -0.39 is 0 Å². The summed E-state index contributed by atoms with van der Waals surface area (Å²) in [6, 6.07) is 0.0835.